The Morgan fingerprint density at radius 2 is 1.68 bits per heavy atom. The third-order valence-electron chi connectivity index (χ3n) is 6.03. The molecule has 0 saturated carbocycles. The minimum atomic E-state index is -3.61. The zero-order valence-electron chi connectivity index (χ0n) is 22.1. The quantitative estimate of drug-likeness (QED) is 0.348. The summed E-state index contributed by atoms with van der Waals surface area (Å²) in [7, 11) is -3.61. The van der Waals surface area contributed by atoms with Gasteiger partial charge in [0.15, 0.2) is 0 Å². The second-order valence-electron chi connectivity index (χ2n) is 9.50. The van der Waals surface area contributed by atoms with Crippen molar-refractivity contribution in [3.8, 4) is 0 Å². The molecule has 2 rings (SSSR count). The molecule has 10 heteroatoms. The zero-order valence-corrected chi connectivity index (χ0v) is 24.5. The number of rotatable bonds is 13. The normalized spacial score (nSPS) is 12.3. The molecule has 1 N–H and O–H groups in total. The summed E-state index contributed by atoms with van der Waals surface area (Å²) in [6, 6.07) is 11.6. The van der Waals surface area contributed by atoms with Crippen LogP contribution in [0, 0.1) is 12.8 Å². The fourth-order valence-corrected chi connectivity index (χ4v) is 5.38. The molecular formula is C27H37Cl2N3O4S. The Labute approximate surface area is 231 Å². The Balaban J connectivity index is 2.26. The molecule has 2 aromatic rings. The van der Waals surface area contributed by atoms with Gasteiger partial charge in [-0.05, 0) is 55.0 Å². The van der Waals surface area contributed by atoms with Crippen LogP contribution in [-0.2, 0) is 26.2 Å². The predicted molar refractivity (Wildman–Crippen MR) is 152 cm³/mol. The summed E-state index contributed by atoms with van der Waals surface area (Å²) in [5.41, 5.74) is 1.86. The molecule has 0 fully saturated rings. The highest BCUT2D eigenvalue weighted by Crippen LogP contribution is 2.28. The fraction of sp³-hybridized carbons (Fsp3) is 0.481. The minimum absolute atomic E-state index is 0.0596. The van der Waals surface area contributed by atoms with Crippen LogP contribution in [-0.4, -0.2) is 50.5 Å². The Morgan fingerprint density at radius 3 is 2.27 bits per heavy atom. The number of anilines is 1. The van der Waals surface area contributed by atoms with Gasteiger partial charge in [0.2, 0.25) is 21.8 Å². The molecule has 0 saturated heterocycles. The van der Waals surface area contributed by atoms with Crippen molar-refractivity contribution >= 4 is 50.7 Å². The molecule has 7 nitrogen and oxygen atoms in total. The first kappa shape index (κ1) is 30.9. The molecule has 0 aliphatic rings. The zero-order chi connectivity index (χ0) is 27.8. The third kappa shape index (κ3) is 8.90. The molecule has 2 aromatic carbocycles. The van der Waals surface area contributed by atoms with E-state index in [2.05, 4.69) is 5.32 Å². The van der Waals surface area contributed by atoms with Gasteiger partial charge in [0.1, 0.15) is 6.04 Å². The Kier molecular flexibility index (Phi) is 11.7. The van der Waals surface area contributed by atoms with Gasteiger partial charge in [-0.25, -0.2) is 8.42 Å². The van der Waals surface area contributed by atoms with E-state index in [0.717, 1.165) is 11.8 Å². The number of nitrogens with one attached hydrogen (secondary N) is 1. The van der Waals surface area contributed by atoms with Crippen molar-refractivity contribution in [3.05, 3.63) is 63.6 Å². The van der Waals surface area contributed by atoms with Crippen molar-refractivity contribution in [2.75, 3.05) is 23.7 Å². The molecule has 0 radical (unpaired) electrons. The van der Waals surface area contributed by atoms with Crippen molar-refractivity contribution in [2.24, 2.45) is 5.92 Å². The number of benzene rings is 2. The summed E-state index contributed by atoms with van der Waals surface area (Å²) in [5.74, 6) is -0.197. The van der Waals surface area contributed by atoms with Gasteiger partial charge in [-0.3, -0.25) is 13.9 Å². The van der Waals surface area contributed by atoms with Crippen LogP contribution in [0.2, 0.25) is 10.0 Å². The average molecular weight is 571 g/mol. The highest BCUT2D eigenvalue weighted by molar-refractivity contribution is 7.92. The van der Waals surface area contributed by atoms with Crippen molar-refractivity contribution < 1.29 is 18.0 Å². The van der Waals surface area contributed by atoms with Crippen molar-refractivity contribution in [2.45, 2.75) is 59.5 Å². The third-order valence-corrected chi connectivity index (χ3v) is 7.99. The first-order valence-electron chi connectivity index (χ1n) is 12.4. The topological polar surface area (TPSA) is 86.8 Å². The number of nitrogens with zero attached hydrogens (tertiary/aromatic N) is 2. The van der Waals surface area contributed by atoms with Crippen LogP contribution in [0.15, 0.2) is 42.5 Å². The maximum atomic E-state index is 13.5. The molecule has 1 atom stereocenters. The second kappa shape index (κ2) is 14.0. The standard InChI is InChI=1S/C27H37Cl2N3O4S/c1-6-24(27(34)30-17-19(2)3)31(18-21-11-7-8-12-23(21)29)26(33)15-10-16-32(37(5,35)36)25-14-9-13-22(28)20(25)4/h7-9,11-14,19,24H,6,10,15-18H2,1-5H3,(H,30,34)/t24-/m0/s1. The van der Waals surface area contributed by atoms with E-state index in [1.807, 2.05) is 39.0 Å². The second-order valence-corrected chi connectivity index (χ2v) is 12.2. The van der Waals surface area contributed by atoms with Gasteiger partial charge in [0.05, 0.1) is 11.9 Å². The lowest BCUT2D eigenvalue weighted by Gasteiger charge is -2.31. The van der Waals surface area contributed by atoms with Crippen molar-refractivity contribution in [1.82, 2.24) is 10.2 Å². The van der Waals surface area contributed by atoms with Crippen molar-refractivity contribution in [1.29, 1.82) is 0 Å². The SMILES string of the molecule is CC[C@@H](C(=O)NCC(C)C)N(Cc1ccccc1Cl)C(=O)CCCN(c1cccc(Cl)c1C)S(C)(=O)=O. The molecule has 0 aliphatic heterocycles. The Morgan fingerprint density at radius 1 is 1.03 bits per heavy atom. The van der Waals surface area contributed by atoms with E-state index in [-0.39, 0.29) is 43.7 Å². The van der Waals surface area contributed by atoms with Gasteiger partial charge in [-0.15, -0.1) is 0 Å². The van der Waals surface area contributed by atoms with Crippen molar-refractivity contribution in [3.63, 3.8) is 0 Å². The lowest BCUT2D eigenvalue weighted by atomic mass is 10.1. The fourth-order valence-electron chi connectivity index (χ4n) is 4.00. The van der Waals surface area contributed by atoms with E-state index in [1.54, 1.807) is 36.1 Å². The van der Waals surface area contributed by atoms with Gasteiger partial charge in [-0.2, -0.15) is 0 Å². The highest BCUT2D eigenvalue weighted by Gasteiger charge is 2.29. The molecule has 0 aromatic heterocycles. The summed E-state index contributed by atoms with van der Waals surface area (Å²) >= 11 is 12.6. The first-order valence-corrected chi connectivity index (χ1v) is 15.0. The average Bonchev–Trinajstić information content (AvgIpc) is 2.82. The van der Waals surface area contributed by atoms with Crippen LogP contribution in [0.3, 0.4) is 0 Å². The molecule has 37 heavy (non-hydrogen) atoms. The maximum Gasteiger partial charge on any atom is 0.242 e. The lowest BCUT2D eigenvalue weighted by Crippen LogP contribution is -2.49. The number of halogens is 2. The van der Waals surface area contributed by atoms with Gasteiger partial charge in [0.25, 0.3) is 0 Å². The Hall–Kier alpha value is -2.29. The van der Waals surface area contributed by atoms with E-state index >= 15 is 0 Å². The van der Waals surface area contributed by atoms with E-state index < -0.39 is 16.1 Å². The summed E-state index contributed by atoms with van der Waals surface area (Å²) in [6.45, 7) is 8.41. The van der Waals surface area contributed by atoms with Gasteiger partial charge < -0.3 is 10.2 Å². The molecule has 0 bridgehead atoms. The summed E-state index contributed by atoms with van der Waals surface area (Å²) in [6.07, 6.45) is 1.88. The van der Waals surface area contributed by atoms with E-state index in [0.29, 0.717) is 34.3 Å². The predicted octanol–water partition coefficient (Wildman–Crippen LogP) is 5.43. The lowest BCUT2D eigenvalue weighted by molar-refractivity contribution is -0.141. The van der Waals surface area contributed by atoms with Crippen LogP contribution >= 0.6 is 23.2 Å². The molecule has 2 amide bonds. The van der Waals surface area contributed by atoms with Crippen LogP contribution < -0.4 is 9.62 Å². The molecular weight excluding hydrogens is 533 g/mol. The number of hydrogen-bond donors (Lipinski definition) is 1. The number of amides is 2. The number of hydrogen-bond acceptors (Lipinski definition) is 4. The Bertz CT molecular complexity index is 1190. The molecule has 0 aliphatic carbocycles. The van der Waals surface area contributed by atoms with Crippen LogP contribution in [0.25, 0.3) is 0 Å². The monoisotopic (exact) mass is 569 g/mol. The molecule has 204 valence electrons. The highest BCUT2D eigenvalue weighted by atomic mass is 35.5. The van der Waals surface area contributed by atoms with Crippen LogP contribution in [0.5, 0.6) is 0 Å². The van der Waals surface area contributed by atoms with Crippen LogP contribution in [0.1, 0.15) is 51.2 Å². The molecule has 0 heterocycles. The summed E-state index contributed by atoms with van der Waals surface area (Å²) in [5, 5.41) is 3.91. The van der Waals surface area contributed by atoms with E-state index in [9.17, 15) is 18.0 Å². The van der Waals surface area contributed by atoms with Gasteiger partial charge in [0, 0.05) is 36.1 Å². The maximum absolute atomic E-state index is 13.5. The van der Waals surface area contributed by atoms with E-state index in [1.165, 1.54) is 4.31 Å². The number of carbonyl (C=O) groups excluding carboxylic acids is 2. The van der Waals surface area contributed by atoms with Gasteiger partial charge in [-0.1, -0.05) is 68.2 Å². The van der Waals surface area contributed by atoms with Gasteiger partial charge >= 0.3 is 0 Å². The summed E-state index contributed by atoms with van der Waals surface area (Å²) in [4.78, 5) is 28.1. The number of carbonyl (C=O) groups is 2. The largest absolute Gasteiger partial charge is 0.354 e. The summed E-state index contributed by atoms with van der Waals surface area (Å²) < 4.78 is 26.4. The smallest absolute Gasteiger partial charge is 0.242 e. The van der Waals surface area contributed by atoms with E-state index in [4.69, 9.17) is 23.2 Å². The number of sulfonamides is 1. The molecule has 0 unspecified atom stereocenters. The molecule has 0 spiro atoms. The first-order chi connectivity index (χ1) is 17.4. The van der Waals surface area contributed by atoms with Crippen LogP contribution in [0.4, 0.5) is 5.69 Å². The minimum Gasteiger partial charge on any atom is -0.354 e.